The van der Waals surface area contributed by atoms with Crippen LogP contribution in [0.25, 0.3) is 0 Å². The minimum atomic E-state index is -3.40. The number of nitrogens with one attached hydrogen (secondary N) is 1. The third-order valence-corrected chi connectivity index (χ3v) is 5.06. The Kier molecular flexibility index (Phi) is 4.74. The van der Waals surface area contributed by atoms with E-state index < -0.39 is 15.7 Å². The van der Waals surface area contributed by atoms with Gasteiger partial charge in [0.1, 0.15) is 4.60 Å². The van der Waals surface area contributed by atoms with Gasteiger partial charge in [-0.05, 0) is 40.2 Å². The highest BCUT2D eigenvalue weighted by Gasteiger charge is 2.18. The average molecular weight is 369 g/mol. The SMILES string of the molecule is CCS(=O)(=O)c1ccccc1NC(=O)c1ccnc(Br)c1. The largest absolute Gasteiger partial charge is 0.321 e. The van der Waals surface area contributed by atoms with Crippen molar-refractivity contribution < 1.29 is 13.2 Å². The highest BCUT2D eigenvalue weighted by molar-refractivity contribution is 9.10. The van der Waals surface area contributed by atoms with Gasteiger partial charge in [-0.1, -0.05) is 19.1 Å². The summed E-state index contributed by atoms with van der Waals surface area (Å²) in [4.78, 5) is 16.2. The number of carbonyl (C=O) groups excluding carboxylic acids is 1. The van der Waals surface area contributed by atoms with Gasteiger partial charge >= 0.3 is 0 Å². The Balaban J connectivity index is 2.35. The molecule has 2 aromatic rings. The Hall–Kier alpha value is -1.73. The van der Waals surface area contributed by atoms with Gasteiger partial charge in [0.15, 0.2) is 9.84 Å². The quantitative estimate of drug-likeness (QED) is 0.841. The Morgan fingerprint density at radius 2 is 2.00 bits per heavy atom. The van der Waals surface area contributed by atoms with Crippen LogP contribution < -0.4 is 5.32 Å². The average Bonchev–Trinajstić information content (AvgIpc) is 2.47. The number of carbonyl (C=O) groups is 1. The predicted octanol–water partition coefficient (Wildman–Crippen LogP) is 2.89. The second-order valence-electron chi connectivity index (χ2n) is 4.22. The zero-order chi connectivity index (χ0) is 15.5. The monoisotopic (exact) mass is 368 g/mol. The minimum absolute atomic E-state index is 0.0271. The number of rotatable bonds is 4. The summed E-state index contributed by atoms with van der Waals surface area (Å²) < 4.78 is 24.6. The highest BCUT2D eigenvalue weighted by Crippen LogP contribution is 2.22. The van der Waals surface area contributed by atoms with Crippen LogP contribution in [0.5, 0.6) is 0 Å². The maximum atomic E-state index is 12.2. The first-order valence-corrected chi connectivity index (χ1v) is 8.63. The second kappa shape index (κ2) is 6.36. The fourth-order valence-electron chi connectivity index (χ4n) is 1.73. The molecule has 1 heterocycles. The number of pyridine rings is 1. The molecule has 0 fully saturated rings. The molecule has 0 aliphatic carbocycles. The van der Waals surface area contributed by atoms with E-state index in [0.29, 0.717) is 10.2 Å². The molecule has 0 aliphatic heterocycles. The smallest absolute Gasteiger partial charge is 0.255 e. The van der Waals surface area contributed by atoms with Crippen molar-refractivity contribution in [2.24, 2.45) is 0 Å². The van der Waals surface area contributed by atoms with Gasteiger partial charge in [-0.25, -0.2) is 13.4 Å². The van der Waals surface area contributed by atoms with E-state index in [0.717, 1.165) is 0 Å². The van der Waals surface area contributed by atoms with Crippen LogP contribution in [-0.4, -0.2) is 25.1 Å². The zero-order valence-corrected chi connectivity index (χ0v) is 13.6. The predicted molar refractivity (Wildman–Crippen MR) is 84.1 cm³/mol. The molecule has 1 amide bonds. The number of aromatic nitrogens is 1. The normalized spacial score (nSPS) is 11.1. The van der Waals surface area contributed by atoms with Gasteiger partial charge in [0, 0.05) is 11.8 Å². The van der Waals surface area contributed by atoms with Crippen LogP contribution in [0.4, 0.5) is 5.69 Å². The van der Waals surface area contributed by atoms with Crippen molar-refractivity contribution in [3.05, 3.63) is 52.8 Å². The molecule has 0 unspecified atom stereocenters. The Morgan fingerprint density at radius 1 is 1.29 bits per heavy atom. The van der Waals surface area contributed by atoms with Gasteiger partial charge in [-0.3, -0.25) is 4.79 Å². The fraction of sp³-hybridized carbons (Fsp3) is 0.143. The molecule has 0 atom stereocenters. The van der Waals surface area contributed by atoms with Gasteiger partial charge in [-0.2, -0.15) is 0 Å². The third-order valence-electron chi connectivity index (χ3n) is 2.84. The van der Waals surface area contributed by atoms with Crippen molar-refractivity contribution in [3.8, 4) is 0 Å². The lowest BCUT2D eigenvalue weighted by Crippen LogP contribution is -2.15. The molecule has 0 aliphatic rings. The van der Waals surface area contributed by atoms with E-state index in [1.807, 2.05) is 0 Å². The van der Waals surface area contributed by atoms with Crippen molar-refractivity contribution in [1.29, 1.82) is 0 Å². The summed E-state index contributed by atoms with van der Waals surface area (Å²) in [6, 6.07) is 9.46. The lowest BCUT2D eigenvalue weighted by atomic mass is 10.2. The molecule has 21 heavy (non-hydrogen) atoms. The minimum Gasteiger partial charge on any atom is -0.321 e. The molecular weight excluding hydrogens is 356 g/mol. The van der Waals surface area contributed by atoms with Crippen molar-refractivity contribution in [3.63, 3.8) is 0 Å². The number of para-hydroxylation sites is 1. The topological polar surface area (TPSA) is 76.1 Å². The Bertz CT molecular complexity index is 775. The Labute approximate surface area is 131 Å². The molecule has 1 aromatic carbocycles. The van der Waals surface area contributed by atoms with Gasteiger partial charge < -0.3 is 5.32 Å². The summed E-state index contributed by atoms with van der Waals surface area (Å²) in [6.45, 7) is 1.56. The molecule has 110 valence electrons. The van der Waals surface area contributed by atoms with E-state index >= 15 is 0 Å². The second-order valence-corrected chi connectivity index (χ2v) is 7.28. The van der Waals surface area contributed by atoms with Gasteiger partial charge in [0.25, 0.3) is 5.91 Å². The number of nitrogens with zero attached hydrogens (tertiary/aromatic N) is 1. The van der Waals surface area contributed by atoms with Crippen molar-refractivity contribution in [1.82, 2.24) is 4.98 Å². The summed E-state index contributed by atoms with van der Waals surface area (Å²) >= 11 is 3.19. The molecule has 0 spiro atoms. The van der Waals surface area contributed by atoms with E-state index in [-0.39, 0.29) is 16.3 Å². The number of sulfone groups is 1. The third kappa shape index (κ3) is 3.68. The molecule has 1 N–H and O–H groups in total. The van der Waals surface area contributed by atoms with Crippen molar-refractivity contribution in [2.75, 3.05) is 11.1 Å². The van der Waals surface area contributed by atoms with E-state index in [9.17, 15) is 13.2 Å². The number of halogens is 1. The molecule has 0 bridgehead atoms. The first-order valence-electron chi connectivity index (χ1n) is 6.18. The van der Waals surface area contributed by atoms with Gasteiger partial charge in [0.05, 0.1) is 16.3 Å². The van der Waals surface area contributed by atoms with E-state index in [1.165, 1.54) is 12.3 Å². The molecular formula is C14H13BrN2O3S. The lowest BCUT2D eigenvalue weighted by molar-refractivity contribution is 0.102. The number of hydrogen-bond acceptors (Lipinski definition) is 4. The van der Waals surface area contributed by atoms with Crippen molar-refractivity contribution in [2.45, 2.75) is 11.8 Å². The van der Waals surface area contributed by atoms with Crippen LogP contribution in [0.15, 0.2) is 52.1 Å². The molecule has 5 nitrogen and oxygen atoms in total. The maximum Gasteiger partial charge on any atom is 0.255 e. The first kappa shape index (κ1) is 15.7. The van der Waals surface area contributed by atoms with Crippen molar-refractivity contribution >= 4 is 37.4 Å². The maximum absolute atomic E-state index is 12.2. The molecule has 0 radical (unpaired) electrons. The summed E-state index contributed by atoms with van der Waals surface area (Å²) in [5, 5.41) is 2.63. The lowest BCUT2D eigenvalue weighted by Gasteiger charge is -2.10. The molecule has 1 aromatic heterocycles. The molecule has 0 saturated heterocycles. The molecule has 0 saturated carbocycles. The van der Waals surface area contributed by atoms with Crippen LogP contribution in [0.1, 0.15) is 17.3 Å². The number of anilines is 1. The first-order chi connectivity index (χ1) is 9.94. The highest BCUT2D eigenvalue weighted by atomic mass is 79.9. The summed E-state index contributed by atoms with van der Waals surface area (Å²) in [6.07, 6.45) is 1.49. The summed E-state index contributed by atoms with van der Waals surface area (Å²) in [5.41, 5.74) is 0.665. The number of hydrogen-bond donors (Lipinski definition) is 1. The summed E-state index contributed by atoms with van der Waals surface area (Å²) in [5.74, 6) is -0.419. The van der Waals surface area contributed by atoms with E-state index in [4.69, 9.17) is 0 Å². The summed E-state index contributed by atoms with van der Waals surface area (Å²) in [7, 11) is -3.40. The standard InChI is InChI=1S/C14H13BrN2O3S/c1-2-21(19,20)12-6-4-3-5-11(12)17-14(18)10-7-8-16-13(15)9-10/h3-9H,2H2,1H3,(H,17,18). The van der Waals surface area contributed by atoms with Gasteiger partial charge in [0.2, 0.25) is 0 Å². The van der Waals surface area contributed by atoms with Crippen LogP contribution in [0.3, 0.4) is 0 Å². The van der Waals surface area contributed by atoms with Crippen LogP contribution in [0.2, 0.25) is 0 Å². The van der Waals surface area contributed by atoms with Crippen LogP contribution in [0, 0.1) is 0 Å². The molecule has 7 heteroatoms. The van der Waals surface area contributed by atoms with E-state index in [2.05, 4.69) is 26.2 Å². The van der Waals surface area contributed by atoms with Gasteiger partial charge in [-0.15, -0.1) is 0 Å². The van der Waals surface area contributed by atoms with Crippen LogP contribution in [-0.2, 0) is 9.84 Å². The Morgan fingerprint density at radius 3 is 2.67 bits per heavy atom. The number of amides is 1. The van der Waals surface area contributed by atoms with Crippen LogP contribution >= 0.6 is 15.9 Å². The van der Waals surface area contributed by atoms with E-state index in [1.54, 1.807) is 37.3 Å². The number of benzene rings is 1. The zero-order valence-electron chi connectivity index (χ0n) is 11.2. The molecule has 2 rings (SSSR count). The fourth-order valence-corrected chi connectivity index (χ4v) is 3.15.